The Labute approximate surface area is 198 Å². The van der Waals surface area contributed by atoms with Crippen LogP contribution in [0.1, 0.15) is 54.9 Å². The van der Waals surface area contributed by atoms with E-state index in [1.54, 1.807) is 47.4 Å². The standard InChI is InChI=1S/C22H23F3N2O3.C4H8/c23-22(24,25)21(30)27(13-16-7-2-1-3-8-16)12-6-11-26-14-17-9-4-5-10-18(17)20(29)19(28)15-26;1-2-4-3-1/h1-5,7-10,20,29H,6,11-15H2;1-4H2. The zero-order chi connectivity index (χ0) is 24.6. The molecule has 8 heteroatoms. The van der Waals surface area contributed by atoms with Gasteiger partial charge >= 0.3 is 12.1 Å². The van der Waals surface area contributed by atoms with E-state index >= 15 is 0 Å². The van der Waals surface area contributed by atoms with Crippen molar-refractivity contribution in [3.63, 3.8) is 0 Å². The van der Waals surface area contributed by atoms with Crippen LogP contribution in [0.2, 0.25) is 0 Å². The highest BCUT2D eigenvalue weighted by molar-refractivity contribution is 5.86. The van der Waals surface area contributed by atoms with Crippen molar-refractivity contribution in [1.29, 1.82) is 0 Å². The van der Waals surface area contributed by atoms with Gasteiger partial charge in [0.2, 0.25) is 0 Å². The van der Waals surface area contributed by atoms with Crippen molar-refractivity contribution in [2.45, 2.75) is 57.5 Å². The van der Waals surface area contributed by atoms with Crippen LogP contribution < -0.4 is 0 Å². The summed E-state index contributed by atoms with van der Waals surface area (Å²) in [6.45, 7) is 0.498. The molecule has 1 aliphatic heterocycles. The van der Waals surface area contributed by atoms with Crippen molar-refractivity contribution in [3.05, 3.63) is 71.3 Å². The molecular formula is C26H31F3N2O3. The van der Waals surface area contributed by atoms with Crippen LogP contribution in [-0.2, 0) is 22.7 Å². The number of amides is 1. The summed E-state index contributed by atoms with van der Waals surface area (Å²) >= 11 is 0. The second-order valence-corrected chi connectivity index (χ2v) is 8.76. The Bertz CT molecular complexity index is 942. The molecule has 2 aromatic rings. The monoisotopic (exact) mass is 476 g/mol. The van der Waals surface area contributed by atoms with E-state index in [1.807, 2.05) is 12.1 Å². The third-order valence-corrected chi connectivity index (χ3v) is 6.08. The highest BCUT2D eigenvalue weighted by Gasteiger charge is 2.42. The normalized spacial score (nSPS) is 18.1. The second kappa shape index (κ2) is 12.1. The SMILES string of the molecule is C1CCC1.O=C1CN(CCCN(Cc2ccccc2)C(=O)C(F)(F)F)Cc2ccccc2C1O. The molecule has 1 atom stereocenters. The van der Waals surface area contributed by atoms with Gasteiger partial charge in [-0.1, -0.05) is 80.3 Å². The van der Waals surface area contributed by atoms with E-state index in [0.717, 1.165) is 10.5 Å². The number of hydrogen-bond donors (Lipinski definition) is 1. The number of halogens is 3. The molecule has 1 aliphatic carbocycles. The first-order chi connectivity index (χ1) is 16.3. The Hall–Kier alpha value is -2.71. The van der Waals surface area contributed by atoms with Gasteiger partial charge in [0.1, 0.15) is 6.10 Å². The molecule has 0 aromatic heterocycles. The number of alkyl halides is 3. The third kappa shape index (κ3) is 7.40. The maximum absolute atomic E-state index is 13.0. The first-order valence-electron chi connectivity index (χ1n) is 11.7. The largest absolute Gasteiger partial charge is 0.471 e. The highest BCUT2D eigenvalue weighted by atomic mass is 19.4. The van der Waals surface area contributed by atoms with Gasteiger partial charge in [-0.05, 0) is 23.1 Å². The van der Waals surface area contributed by atoms with Gasteiger partial charge in [-0.25, -0.2) is 0 Å². The van der Waals surface area contributed by atoms with E-state index in [0.29, 0.717) is 24.2 Å². The van der Waals surface area contributed by atoms with Crippen LogP contribution in [0.5, 0.6) is 0 Å². The quantitative estimate of drug-likeness (QED) is 0.660. The molecule has 34 heavy (non-hydrogen) atoms. The molecule has 0 saturated heterocycles. The van der Waals surface area contributed by atoms with E-state index < -0.39 is 18.2 Å². The lowest BCUT2D eigenvalue weighted by atomic mass is 10.0. The third-order valence-electron chi connectivity index (χ3n) is 6.08. The Morgan fingerprint density at radius 1 is 0.971 bits per heavy atom. The van der Waals surface area contributed by atoms with Crippen LogP contribution in [0.25, 0.3) is 0 Å². The molecule has 0 spiro atoms. The Balaban J connectivity index is 0.000000732. The highest BCUT2D eigenvalue weighted by Crippen LogP contribution is 2.25. The summed E-state index contributed by atoms with van der Waals surface area (Å²) in [4.78, 5) is 26.7. The minimum absolute atomic E-state index is 0.00174. The molecule has 1 unspecified atom stereocenters. The minimum Gasteiger partial charge on any atom is -0.380 e. The zero-order valence-electron chi connectivity index (χ0n) is 19.1. The molecule has 1 saturated carbocycles. The summed E-state index contributed by atoms with van der Waals surface area (Å²) in [5.41, 5.74) is 1.98. The summed E-state index contributed by atoms with van der Waals surface area (Å²) in [6, 6.07) is 15.6. The molecule has 1 fully saturated rings. The average Bonchev–Trinajstić information content (AvgIpc) is 2.88. The molecule has 1 heterocycles. The summed E-state index contributed by atoms with van der Waals surface area (Å²) in [6.07, 6.45) is 0.115. The van der Waals surface area contributed by atoms with E-state index in [-0.39, 0.29) is 31.8 Å². The fourth-order valence-electron chi connectivity index (χ4n) is 3.85. The predicted octanol–water partition coefficient (Wildman–Crippen LogP) is 4.65. The number of ketones is 1. The van der Waals surface area contributed by atoms with Crippen molar-refractivity contribution >= 4 is 11.7 Å². The number of hydrogen-bond acceptors (Lipinski definition) is 4. The van der Waals surface area contributed by atoms with Crippen molar-refractivity contribution in [2.24, 2.45) is 0 Å². The molecule has 1 N–H and O–H groups in total. The van der Waals surface area contributed by atoms with Gasteiger partial charge in [0, 0.05) is 26.2 Å². The van der Waals surface area contributed by atoms with Crippen LogP contribution in [0.4, 0.5) is 13.2 Å². The van der Waals surface area contributed by atoms with Gasteiger partial charge in [0.25, 0.3) is 0 Å². The second-order valence-electron chi connectivity index (χ2n) is 8.76. The fourth-order valence-corrected chi connectivity index (χ4v) is 3.85. The summed E-state index contributed by atoms with van der Waals surface area (Å²) in [5, 5.41) is 10.2. The van der Waals surface area contributed by atoms with Crippen molar-refractivity contribution in [3.8, 4) is 0 Å². The smallest absolute Gasteiger partial charge is 0.380 e. The van der Waals surface area contributed by atoms with Crippen molar-refractivity contribution in [2.75, 3.05) is 19.6 Å². The van der Waals surface area contributed by atoms with Gasteiger partial charge in [-0.3, -0.25) is 14.5 Å². The van der Waals surface area contributed by atoms with Gasteiger partial charge in [0.05, 0.1) is 6.54 Å². The van der Waals surface area contributed by atoms with E-state index in [1.165, 1.54) is 25.7 Å². The number of fused-ring (bicyclic) bond motifs is 1. The lowest BCUT2D eigenvalue weighted by Gasteiger charge is -2.26. The molecule has 1 amide bonds. The molecule has 4 rings (SSSR count). The molecular weight excluding hydrogens is 445 g/mol. The van der Waals surface area contributed by atoms with Gasteiger partial charge in [-0.15, -0.1) is 0 Å². The van der Waals surface area contributed by atoms with Crippen LogP contribution >= 0.6 is 0 Å². The fraction of sp³-hybridized carbons (Fsp3) is 0.462. The molecule has 184 valence electrons. The minimum atomic E-state index is -4.95. The Morgan fingerprint density at radius 2 is 1.59 bits per heavy atom. The number of aliphatic hydroxyl groups excluding tert-OH is 1. The summed E-state index contributed by atoms with van der Waals surface area (Å²) in [5.74, 6) is -2.23. The number of aliphatic hydroxyl groups is 1. The summed E-state index contributed by atoms with van der Waals surface area (Å²) < 4.78 is 39.1. The predicted molar refractivity (Wildman–Crippen MR) is 123 cm³/mol. The number of nitrogens with zero attached hydrogens (tertiary/aromatic N) is 2. The van der Waals surface area contributed by atoms with E-state index in [4.69, 9.17) is 0 Å². The Kier molecular flexibility index (Phi) is 9.24. The number of Topliss-reactive ketones (excluding diaryl/α,β-unsaturated/α-hetero) is 1. The van der Waals surface area contributed by atoms with E-state index in [2.05, 4.69) is 0 Å². The first-order valence-corrected chi connectivity index (χ1v) is 11.7. The van der Waals surface area contributed by atoms with Crippen LogP contribution in [0.15, 0.2) is 54.6 Å². The topological polar surface area (TPSA) is 60.9 Å². The molecule has 2 aliphatic rings. The lowest BCUT2D eigenvalue weighted by molar-refractivity contribution is -0.186. The number of carbonyl (C=O) groups excluding carboxylic acids is 2. The number of benzene rings is 2. The van der Waals surface area contributed by atoms with Crippen LogP contribution in [0, 0.1) is 0 Å². The van der Waals surface area contributed by atoms with Crippen molar-refractivity contribution in [1.82, 2.24) is 9.80 Å². The first kappa shape index (κ1) is 25.9. The maximum Gasteiger partial charge on any atom is 0.471 e. The molecule has 0 radical (unpaired) electrons. The maximum atomic E-state index is 13.0. The van der Waals surface area contributed by atoms with Crippen molar-refractivity contribution < 1.29 is 27.9 Å². The number of rotatable bonds is 6. The van der Waals surface area contributed by atoms with Gasteiger partial charge in [0.15, 0.2) is 5.78 Å². The molecule has 5 nitrogen and oxygen atoms in total. The van der Waals surface area contributed by atoms with Crippen LogP contribution in [-0.4, -0.2) is 52.4 Å². The zero-order valence-corrected chi connectivity index (χ0v) is 19.1. The van der Waals surface area contributed by atoms with E-state index in [9.17, 15) is 27.9 Å². The molecule has 0 bridgehead atoms. The Morgan fingerprint density at radius 3 is 2.21 bits per heavy atom. The molecule has 2 aromatic carbocycles. The van der Waals surface area contributed by atoms with Gasteiger partial charge in [-0.2, -0.15) is 13.2 Å². The summed E-state index contributed by atoms with van der Waals surface area (Å²) in [7, 11) is 0. The van der Waals surface area contributed by atoms with Gasteiger partial charge < -0.3 is 10.0 Å². The number of carbonyl (C=O) groups is 2. The van der Waals surface area contributed by atoms with Crippen LogP contribution in [0.3, 0.4) is 0 Å². The average molecular weight is 477 g/mol. The lowest BCUT2D eigenvalue weighted by Crippen LogP contribution is -2.42.